The first-order valence-electron chi connectivity index (χ1n) is 7.37. The maximum Gasteiger partial charge on any atom is 0.243 e. The van der Waals surface area contributed by atoms with Crippen LogP contribution in [0.15, 0.2) is 23.1 Å². The zero-order valence-corrected chi connectivity index (χ0v) is 14.1. The molecule has 1 aromatic carbocycles. The van der Waals surface area contributed by atoms with Gasteiger partial charge in [-0.25, -0.2) is 8.42 Å². The molecular weight excluding hydrogens is 284 g/mol. The maximum atomic E-state index is 12.9. The fourth-order valence-electron chi connectivity index (χ4n) is 2.25. The second-order valence-electron chi connectivity index (χ2n) is 5.51. The van der Waals surface area contributed by atoms with Crippen molar-refractivity contribution in [3.63, 3.8) is 0 Å². The predicted molar refractivity (Wildman–Crippen MR) is 84.4 cm³/mol. The predicted octanol–water partition coefficient (Wildman–Crippen LogP) is 3.46. The van der Waals surface area contributed by atoms with Crippen molar-refractivity contribution in [3.8, 4) is 6.07 Å². The van der Waals surface area contributed by atoms with Gasteiger partial charge in [0.15, 0.2) is 0 Å². The third kappa shape index (κ3) is 4.29. The molecule has 0 radical (unpaired) electrons. The lowest BCUT2D eigenvalue weighted by molar-refractivity contribution is 0.345. The number of nitrogens with zero attached hydrogens (tertiary/aromatic N) is 2. The van der Waals surface area contributed by atoms with Crippen molar-refractivity contribution in [2.24, 2.45) is 0 Å². The minimum atomic E-state index is -3.56. The summed E-state index contributed by atoms with van der Waals surface area (Å²) in [6.45, 7) is 8.14. The summed E-state index contributed by atoms with van der Waals surface area (Å²) in [4.78, 5) is 0.242. The van der Waals surface area contributed by atoms with Gasteiger partial charge in [0, 0.05) is 12.6 Å². The Bertz CT molecular complexity index is 616. The number of sulfonamides is 1. The van der Waals surface area contributed by atoms with Crippen LogP contribution in [0.4, 0.5) is 0 Å². The molecular formula is C16H24N2O2S. The molecule has 0 saturated heterocycles. The minimum Gasteiger partial charge on any atom is -0.207 e. The highest BCUT2D eigenvalue weighted by Crippen LogP contribution is 2.23. The molecule has 0 amide bonds. The second-order valence-corrected chi connectivity index (χ2v) is 7.37. The number of rotatable bonds is 7. The van der Waals surface area contributed by atoms with Gasteiger partial charge in [0.05, 0.1) is 16.5 Å². The molecule has 5 heteroatoms. The number of aryl methyl sites for hydroxylation is 1. The Morgan fingerprint density at radius 2 is 1.95 bits per heavy atom. The van der Waals surface area contributed by atoms with E-state index in [1.165, 1.54) is 10.4 Å². The van der Waals surface area contributed by atoms with Gasteiger partial charge >= 0.3 is 0 Å². The van der Waals surface area contributed by atoms with E-state index in [-0.39, 0.29) is 10.9 Å². The lowest BCUT2D eigenvalue weighted by Gasteiger charge is -2.26. The molecule has 0 unspecified atom stereocenters. The molecule has 0 fully saturated rings. The summed E-state index contributed by atoms with van der Waals surface area (Å²) in [7, 11) is -3.56. The van der Waals surface area contributed by atoms with E-state index in [2.05, 4.69) is 6.92 Å². The van der Waals surface area contributed by atoms with Crippen LogP contribution in [-0.4, -0.2) is 25.3 Å². The molecule has 0 aliphatic rings. The summed E-state index contributed by atoms with van der Waals surface area (Å²) in [6.07, 6.45) is 2.91. The van der Waals surface area contributed by atoms with Gasteiger partial charge in [-0.2, -0.15) is 9.57 Å². The van der Waals surface area contributed by atoms with E-state index in [0.717, 1.165) is 19.3 Å². The monoisotopic (exact) mass is 308 g/mol. The Kier molecular flexibility index (Phi) is 6.38. The summed E-state index contributed by atoms with van der Waals surface area (Å²) in [5.74, 6) is 0. The number of benzene rings is 1. The Balaban J connectivity index is 3.20. The Labute approximate surface area is 128 Å². The summed E-state index contributed by atoms with van der Waals surface area (Å²) in [6, 6.07) is 6.71. The largest absolute Gasteiger partial charge is 0.243 e. The molecule has 0 spiro atoms. The quantitative estimate of drug-likeness (QED) is 0.725. The molecule has 21 heavy (non-hydrogen) atoms. The van der Waals surface area contributed by atoms with Crippen molar-refractivity contribution in [2.45, 2.75) is 57.9 Å². The highest BCUT2D eigenvalue weighted by atomic mass is 32.2. The van der Waals surface area contributed by atoms with Crippen molar-refractivity contribution in [1.29, 1.82) is 5.26 Å². The van der Waals surface area contributed by atoms with Crippen LogP contribution in [0.3, 0.4) is 0 Å². The fourth-order valence-corrected chi connectivity index (χ4v) is 4.18. The minimum absolute atomic E-state index is 0.100. The molecule has 4 nitrogen and oxygen atoms in total. The van der Waals surface area contributed by atoms with E-state index >= 15 is 0 Å². The molecule has 1 rings (SSSR count). The van der Waals surface area contributed by atoms with Crippen LogP contribution in [0.25, 0.3) is 0 Å². The van der Waals surface area contributed by atoms with Gasteiger partial charge in [0.2, 0.25) is 10.0 Å². The zero-order chi connectivity index (χ0) is 16.0. The first-order valence-corrected chi connectivity index (χ1v) is 8.81. The first-order chi connectivity index (χ1) is 9.84. The molecule has 0 saturated carbocycles. The Hall–Kier alpha value is -1.38. The summed E-state index contributed by atoms with van der Waals surface area (Å²) in [5, 5.41) is 8.98. The molecule has 1 aromatic rings. The Morgan fingerprint density at radius 3 is 2.48 bits per heavy atom. The van der Waals surface area contributed by atoms with Crippen LogP contribution in [0.2, 0.25) is 0 Å². The lowest BCUT2D eigenvalue weighted by atomic mass is 10.2. The number of hydrogen-bond acceptors (Lipinski definition) is 3. The average Bonchev–Trinajstić information content (AvgIpc) is 2.43. The van der Waals surface area contributed by atoms with E-state index in [4.69, 9.17) is 5.26 Å². The third-order valence-corrected chi connectivity index (χ3v) is 5.68. The van der Waals surface area contributed by atoms with E-state index in [1.807, 2.05) is 19.9 Å². The zero-order valence-electron chi connectivity index (χ0n) is 13.3. The molecule has 0 aromatic heterocycles. The van der Waals surface area contributed by atoms with Gasteiger partial charge in [0.1, 0.15) is 0 Å². The van der Waals surface area contributed by atoms with Crippen LogP contribution in [0.1, 0.15) is 51.2 Å². The van der Waals surface area contributed by atoms with Crippen LogP contribution in [0.5, 0.6) is 0 Å². The lowest BCUT2D eigenvalue weighted by Crippen LogP contribution is -2.38. The van der Waals surface area contributed by atoms with Crippen molar-refractivity contribution < 1.29 is 8.42 Å². The molecule has 0 aliphatic heterocycles. The topological polar surface area (TPSA) is 61.2 Å². The normalized spacial score (nSPS) is 11.9. The van der Waals surface area contributed by atoms with Gasteiger partial charge in [-0.15, -0.1) is 0 Å². The summed E-state index contributed by atoms with van der Waals surface area (Å²) >= 11 is 0. The van der Waals surface area contributed by atoms with Gasteiger partial charge < -0.3 is 0 Å². The molecule has 0 atom stereocenters. The maximum absolute atomic E-state index is 12.9. The highest BCUT2D eigenvalue weighted by Gasteiger charge is 2.28. The number of hydrogen-bond donors (Lipinski definition) is 0. The fraction of sp³-hybridized carbons (Fsp3) is 0.562. The molecule has 116 valence electrons. The van der Waals surface area contributed by atoms with E-state index in [9.17, 15) is 8.42 Å². The van der Waals surface area contributed by atoms with Crippen LogP contribution < -0.4 is 0 Å². The van der Waals surface area contributed by atoms with E-state index in [0.29, 0.717) is 17.7 Å². The van der Waals surface area contributed by atoms with Crippen molar-refractivity contribution in [2.75, 3.05) is 6.54 Å². The smallest absolute Gasteiger partial charge is 0.207 e. The van der Waals surface area contributed by atoms with Crippen LogP contribution >= 0.6 is 0 Å². The molecule has 0 heterocycles. The summed E-state index contributed by atoms with van der Waals surface area (Å²) < 4.78 is 27.3. The average molecular weight is 308 g/mol. The van der Waals surface area contributed by atoms with Crippen LogP contribution in [-0.2, 0) is 10.0 Å². The van der Waals surface area contributed by atoms with Gasteiger partial charge in [-0.05, 0) is 44.9 Å². The SMILES string of the molecule is CCCCCN(C(C)C)S(=O)(=O)c1cc(C#N)ccc1C. The van der Waals surface area contributed by atoms with Gasteiger partial charge in [-0.1, -0.05) is 25.8 Å². The Morgan fingerprint density at radius 1 is 1.29 bits per heavy atom. The van der Waals surface area contributed by atoms with Crippen molar-refractivity contribution >= 4 is 10.0 Å². The van der Waals surface area contributed by atoms with Gasteiger partial charge in [0.25, 0.3) is 0 Å². The number of nitriles is 1. The molecule has 0 bridgehead atoms. The van der Waals surface area contributed by atoms with E-state index < -0.39 is 10.0 Å². The molecule has 0 N–H and O–H groups in total. The van der Waals surface area contributed by atoms with Gasteiger partial charge in [-0.3, -0.25) is 0 Å². The molecule has 0 aliphatic carbocycles. The number of unbranched alkanes of at least 4 members (excludes halogenated alkanes) is 2. The highest BCUT2D eigenvalue weighted by molar-refractivity contribution is 7.89. The van der Waals surface area contributed by atoms with Crippen molar-refractivity contribution in [1.82, 2.24) is 4.31 Å². The standard InChI is InChI=1S/C16H24N2O2S/c1-5-6-7-10-18(13(2)3)21(19,20)16-11-15(12-17)9-8-14(16)4/h8-9,11,13H,5-7,10H2,1-4H3. The first kappa shape index (κ1) is 17.7. The van der Waals surface area contributed by atoms with Crippen molar-refractivity contribution in [3.05, 3.63) is 29.3 Å². The van der Waals surface area contributed by atoms with E-state index in [1.54, 1.807) is 19.1 Å². The van der Waals surface area contributed by atoms with Crippen LogP contribution in [0, 0.1) is 18.3 Å². The second kappa shape index (κ2) is 7.58. The summed E-state index contributed by atoms with van der Waals surface area (Å²) in [5.41, 5.74) is 1.05. The third-order valence-electron chi connectivity index (χ3n) is 3.46.